The van der Waals surface area contributed by atoms with Gasteiger partial charge in [-0.25, -0.2) is 8.42 Å². The summed E-state index contributed by atoms with van der Waals surface area (Å²) in [4.78, 5) is 12.4. The molecule has 0 bridgehead atoms. The molecule has 0 aromatic heterocycles. The third-order valence-electron chi connectivity index (χ3n) is 3.09. The Balaban J connectivity index is 2.33. The van der Waals surface area contributed by atoms with Crippen molar-refractivity contribution >= 4 is 27.2 Å². The first-order valence-corrected chi connectivity index (χ1v) is 8.58. The minimum absolute atomic E-state index is 0.00327. The number of nitrogens with two attached hydrogens (primary N) is 1. The second-order valence-corrected chi connectivity index (χ2v) is 6.76. The number of carbonyl (C=O) groups is 1. The summed E-state index contributed by atoms with van der Waals surface area (Å²) in [5.41, 5.74) is 7.23. The summed E-state index contributed by atoms with van der Waals surface area (Å²) in [5.74, 6) is -0.180. The largest absolute Gasteiger partial charge is 0.397 e. The van der Waals surface area contributed by atoms with Gasteiger partial charge in [0, 0.05) is 11.1 Å². The lowest BCUT2D eigenvalue weighted by Crippen LogP contribution is -2.17. The molecule has 0 aliphatic heterocycles. The van der Waals surface area contributed by atoms with Gasteiger partial charge in [0.05, 0.1) is 17.1 Å². The zero-order valence-electron chi connectivity index (χ0n) is 12.2. The van der Waals surface area contributed by atoms with Crippen LogP contribution in [0.15, 0.2) is 48.5 Å². The number of sulfonamides is 1. The highest BCUT2D eigenvalue weighted by molar-refractivity contribution is 7.92. The predicted octanol–water partition coefficient (Wildman–Crippen LogP) is 2.65. The van der Waals surface area contributed by atoms with Gasteiger partial charge in [-0.3, -0.25) is 9.52 Å². The van der Waals surface area contributed by atoms with Crippen LogP contribution in [0.25, 0.3) is 0 Å². The Hall–Kier alpha value is -2.34. The Labute approximate surface area is 130 Å². The van der Waals surface area contributed by atoms with Crippen LogP contribution in [-0.2, 0) is 10.0 Å². The average Bonchev–Trinajstić information content (AvgIpc) is 2.49. The molecule has 0 fully saturated rings. The van der Waals surface area contributed by atoms with Crippen LogP contribution in [0.3, 0.4) is 0 Å². The molecule has 0 unspecified atom stereocenters. The van der Waals surface area contributed by atoms with Crippen molar-refractivity contribution < 1.29 is 13.2 Å². The maximum Gasteiger partial charge on any atom is 0.232 e. The molecular formula is C16H18N2O3S. The molecule has 116 valence electrons. The van der Waals surface area contributed by atoms with Gasteiger partial charge in [0.1, 0.15) is 0 Å². The van der Waals surface area contributed by atoms with Crippen LogP contribution in [0.5, 0.6) is 0 Å². The molecule has 0 aliphatic rings. The average molecular weight is 318 g/mol. The number of hydrogen-bond acceptors (Lipinski definition) is 4. The van der Waals surface area contributed by atoms with E-state index < -0.39 is 10.0 Å². The first-order chi connectivity index (χ1) is 10.4. The molecular weight excluding hydrogens is 300 g/mol. The topological polar surface area (TPSA) is 89.3 Å². The Morgan fingerprint density at radius 2 is 1.77 bits per heavy atom. The van der Waals surface area contributed by atoms with E-state index in [0.717, 1.165) is 0 Å². The number of benzene rings is 2. The third-order valence-corrected chi connectivity index (χ3v) is 4.57. The summed E-state index contributed by atoms with van der Waals surface area (Å²) in [5, 5.41) is 0. The summed E-state index contributed by atoms with van der Waals surface area (Å²) in [6, 6.07) is 13.4. The number of anilines is 2. The van der Waals surface area contributed by atoms with E-state index in [-0.39, 0.29) is 22.9 Å². The van der Waals surface area contributed by atoms with Crippen molar-refractivity contribution in [3.63, 3.8) is 0 Å². The van der Waals surface area contributed by atoms with Crippen molar-refractivity contribution in [3.05, 3.63) is 59.7 Å². The molecule has 22 heavy (non-hydrogen) atoms. The van der Waals surface area contributed by atoms with Crippen LogP contribution >= 0.6 is 0 Å². The van der Waals surface area contributed by atoms with Gasteiger partial charge in [0.15, 0.2) is 5.78 Å². The maximum atomic E-state index is 12.4. The van der Waals surface area contributed by atoms with Crippen molar-refractivity contribution in [2.75, 3.05) is 16.2 Å². The zero-order chi connectivity index (χ0) is 16.2. The van der Waals surface area contributed by atoms with Crippen LogP contribution < -0.4 is 10.5 Å². The fourth-order valence-corrected chi connectivity index (χ4v) is 3.18. The fourth-order valence-electron chi connectivity index (χ4n) is 2.03. The second kappa shape index (κ2) is 6.62. The van der Waals surface area contributed by atoms with Crippen molar-refractivity contribution in [1.82, 2.24) is 0 Å². The lowest BCUT2D eigenvalue weighted by atomic mass is 10.0. The van der Waals surface area contributed by atoms with E-state index in [1.54, 1.807) is 37.3 Å². The van der Waals surface area contributed by atoms with E-state index in [9.17, 15) is 13.2 Å². The van der Waals surface area contributed by atoms with Crippen LogP contribution in [-0.4, -0.2) is 20.0 Å². The van der Waals surface area contributed by atoms with E-state index in [0.29, 0.717) is 17.5 Å². The van der Waals surface area contributed by atoms with Gasteiger partial charge in [-0.05, 0) is 24.6 Å². The summed E-state index contributed by atoms with van der Waals surface area (Å²) in [7, 11) is -3.46. The molecule has 0 saturated carbocycles. The summed E-state index contributed by atoms with van der Waals surface area (Å²) in [6.07, 6.45) is 0.498. The molecule has 2 aromatic rings. The number of nitrogen functional groups attached to an aromatic ring is 1. The first kappa shape index (κ1) is 16.0. The quantitative estimate of drug-likeness (QED) is 0.633. The van der Waals surface area contributed by atoms with Gasteiger partial charge < -0.3 is 5.73 Å². The first-order valence-electron chi connectivity index (χ1n) is 6.92. The van der Waals surface area contributed by atoms with Crippen molar-refractivity contribution in [2.24, 2.45) is 0 Å². The molecule has 0 heterocycles. The van der Waals surface area contributed by atoms with E-state index in [2.05, 4.69) is 4.72 Å². The Morgan fingerprint density at radius 3 is 2.41 bits per heavy atom. The highest BCUT2D eigenvalue weighted by Crippen LogP contribution is 2.23. The Kier molecular flexibility index (Phi) is 4.82. The Bertz CT molecular complexity index is 771. The van der Waals surface area contributed by atoms with Crippen molar-refractivity contribution in [2.45, 2.75) is 13.3 Å². The Morgan fingerprint density at radius 1 is 1.09 bits per heavy atom. The fraction of sp³-hybridized carbons (Fsp3) is 0.188. The van der Waals surface area contributed by atoms with Crippen molar-refractivity contribution in [1.29, 1.82) is 0 Å². The van der Waals surface area contributed by atoms with E-state index >= 15 is 0 Å². The third kappa shape index (κ3) is 3.85. The van der Waals surface area contributed by atoms with Crippen molar-refractivity contribution in [3.8, 4) is 0 Å². The molecule has 5 nitrogen and oxygen atoms in total. The lowest BCUT2D eigenvalue weighted by Gasteiger charge is -2.11. The molecule has 6 heteroatoms. The van der Waals surface area contributed by atoms with Gasteiger partial charge in [-0.2, -0.15) is 0 Å². The molecule has 3 N–H and O–H groups in total. The standard InChI is InChI=1S/C16H18N2O3S/c1-2-10-22(20,21)18-15-11-13(8-9-14(15)17)16(19)12-6-4-3-5-7-12/h3-9,11,18H,2,10,17H2,1H3. The summed E-state index contributed by atoms with van der Waals surface area (Å²) in [6.45, 7) is 1.78. The van der Waals surface area contributed by atoms with Crippen LogP contribution in [0.1, 0.15) is 29.3 Å². The van der Waals surface area contributed by atoms with Crippen LogP contribution in [0, 0.1) is 0 Å². The summed E-state index contributed by atoms with van der Waals surface area (Å²) < 4.78 is 26.1. The minimum Gasteiger partial charge on any atom is -0.397 e. The molecule has 2 aromatic carbocycles. The van der Waals surface area contributed by atoms with Crippen LogP contribution in [0.4, 0.5) is 11.4 Å². The number of carbonyl (C=O) groups excluding carboxylic acids is 1. The van der Waals surface area contributed by atoms with Gasteiger partial charge in [0.2, 0.25) is 10.0 Å². The number of nitrogens with one attached hydrogen (secondary N) is 1. The lowest BCUT2D eigenvalue weighted by molar-refractivity contribution is 0.103. The number of hydrogen-bond donors (Lipinski definition) is 2. The number of rotatable bonds is 6. The molecule has 0 saturated heterocycles. The normalized spacial score (nSPS) is 11.1. The van der Waals surface area contributed by atoms with Gasteiger partial charge in [-0.1, -0.05) is 37.3 Å². The molecule has 0 atom stereocenters. The smallest absolute Gasteiger partial charge is 0.232 e. The zero-order valence-corrected chi connectivity index (χ0v) is 13.1. The SMILES string of the molecule is CCCS(=O)(=O)Nc1cc(C(=O)c2ccccc2)ccc1N. The highest BCUT2D eigenvalue weighted by Gasteiger charge is 2.14. The summed E-state index contributed by atoms with van der Waals surface area (Å²) >= 11 is 0. The molecule has 0 aliphatic carbocycles. The maximum absolute atomic E-state index is 12.4. The molecule has 0 spiro atoms. The van der Waals surface area contributed by atoms with Gasteiger partial charge >= 0.3 is 0 Å². The van der Waals surface area contributed by atoms with Crippen LogP contribution in [0.2, 0.25) is 0 Å². The molecule has 0 radical (unpaired) electrons. The van der Waals surface area contributed by atoms with E-state index in [4.69, 9.17) is 5.73 Å². The second-order valence-electron chi connectivity index (χ2n) is 4.92. The molecule has 2 rings (SSSR count). The monoisotopic (exact) mass is 318 g/mol. The minimum atomic E-state index is -3.46. The highest BCUT2D eigenvalue weighted by atomic mass is 32.2. The number of ketones is 1. The molecule has 0 amide bonds. The van der Waals surface area contributed by atoms with E-state index in [1.165, 1.54) is 12.1 Å². The van der Waals surface area contributed by atoms with Gasteiger partial charge in [0.25, 0.3) is 0 Å². The van der Waals surface area contributed by atoms with Gasteiger partial charge in [-0.15, -0.1) is 0 Å². The van der Waals surface area contributed by atoms with E-state index in [1.807, 2.05) is 6.07 Å². The predicted molar refractivity (Wildman–Crippen MR) is 88.4 cm³/mol.